The number of nitrogens with zero attached hydrogens (tertiary/aromatic N) is 7. The van der Waals surface area contributed by atoms with Crippen LogP contribution in [-0.4, -0.2) is 34.9 Å². The minimum absolute atomic E-state index is 0. The van der Waals surface area contributed by atoms with Crippen LogP contribution in [0.2, 0.25) is 0 Å². The summed E-state index contributed by atoms with van der Waals surface area (Å²) in [4.78, 5) is 9.00. The van der Waals surface area contributed by atoms with Gasteiger partial charge in [0.1, 0.15) is 0 Å². The molecular formula is C41H29N7O2PdPt. The normalized spacial score (nSPS) is 10.9. The van der Waals surface area contributed by atoms with Crippen LogP contribution in [0.15, 0.2) is 97.3 Å². The van der Waals surface area contributed by atoms with E-state index < -0.39 is 0 Å². The molecule has 0 saturated carbocycles. The molecule has 0 amide bonds. The predicted molar refractivity (Wildman–Crippen MR) is 190 cm³/mol. The summed E-state index contributed by atoms with van der Waals surface area (Å²) in [6.45, 7) is 8.06. The maximum absolute atomic E-state index is 6.31. The molecule has 52 heavy (non-hydrogen) atoms. The van der Waals surface area contributed by atoms with Gasteiger partial charge in [0.05, 0.1) is 0 Å². The molecule has 9 nitrogen and oxygen atoms in total. The average Bonchev–Trinajstić information content (AvgIpc) is 3.44. The van der Waals surface area contributed by atoms with Crippen molar-refractivity contribution in [2.24, 2.45) is 0 Å². The number of ether oxygens (including phenoxy) is 2. The van der Waals surface area contributed by atoms with E-state index in [1.54, 1.807) is 12.4 Å². The summed E-state index contributed by atoms with van der Waals surface area (Å²) < 4.78 is 14.4. The third-order valence-corrected chi connectivity index (χ3v) is 8.09. The predicted octanol–water partition coefficient (Wildman–Crippen LogP) is 9.01. The largest absolute Gasteiger partial charge is 2.00 e. The van der Waals surface area contributed by atoms with E-state index in [9.17, 15) is 0 Å². The standard InChI is InChI=1S/C41H29N7O2.Pd.Pt/c1-25(2)40-44-46-41(47-45-40)48-38-23-32(49-30-9-5-7-28(21-30)36-19-26(3)15-17-42-36)11-13-34(38)35-14-12-33(24-39(35)48)50-31-10-6-8-29(22-31)37-20-27(4)16-18-43-37;;/h5-20,25H,1-4H3;;/q-4;2*+2. The number of hydrogen-bond acceptors (Lipinski definition) is 8. The van der Waals surface area contributed by atoms with Crippen LogP contribution >= 0.6 is 0 Å². The van der Waals surface area contributed by atoms with Crippen molar-refractivity contribution in [3.63, 3.8) is 0 Å². The molecule has 8 aromatic rings. The van der Waals surface area contributed by atoms with Crippen LogP contribution < -0.4 is 9.47 Å². The molecule has 0 saturated heterocycles. The number of benzene rings is 4. The van der Waals surface area contributed by atoms with E-state index in [2.05, 4.69) is 54.6 Å². The van der Waals surface area contributed by atoms with E-state index in [0.29, 0.717) is 39.9 Å². The second-order valence-electron chi connectivity index (χ2n) is 12.2. The van der Waals surface area contributed by atoms with Gasteiger partial charge in [0.15, 0.2) is 5.82 Å². The summed E-state index contributed by atoms with van der Waals surface area (Å²) >= 11 is 0. The Balaban J connectivity index is 0.00000232. The van der Waals surface area contributed by atoms with Gasteiger partial charge in [0.25, 0.3) is 5.95 Å². The van der Waals surface area contributed by atoms with Gasteiger partial charge in [-0.05, 0) is 37.4 Å². The van der Waals surface area contributed by atoms with Crippen molar-refractivity contribution >= 4 is 21.8 Å². The molecule has 0 radical (unpaired) electrons. The fourth-order valence-corrected chi connectivity index (χ4v) is 5.62. The molecule has 0 aliphatic carbocycles. The van der Waals surface area contributed by atoms with E-state index in [1.165, 1.54) is 0 Å². The van der Waals surface area contributed by atoms with Crippen LogP contribution in [0.1, 0.15) is 36.7 Å². The zero-order valence-corrected chi connectivity index (χ0v) is 32.2. The van der Waals surface area contributed by atoms with Gasteiger partial charge in [-0.2, -0.15) is 22.9 Å². The molecule has 0 aliphatic rings. The maximum Gasteiger partial charge on any atom is 2.00 e. The van der Waals surface area contributed by atoms with Crippen molar-refractivity contribution in [3.8, 4) is 51.5 Å². The van der Waals surface area contributed by atoms with Crippen LogP contribution in [0, 0.1) is 38.1 Å². The Labute approximate surface area is 329 Å². The molecule has 4 heterocycles. The SMILES string of the molecule is Cc1ccnc(-c2[c-]c(Oc3[c-]c4c(cc3)c3ccc(Oc5[c-]c(-c6cc(C)ccn6)ccc5)[c-]c3n4-c3nnc(C(C)C)nn3)ccc2)c1.[Pd+2].[Pt+2]. The summed E-state index contributed by atoms with van der Waals surface area (Å²) in [6, 6.07) is 40.7. The Kier molecular flexibility index (Phi) is 11.0. The van der Waals surface area contributed by atoms with Crippen molar-refractivity contribution in [2.45, 2.75) is 33.6 Å². The summed E-state index contributed by atoms with van der Waals surface area (Å²) in [5.41, 5.74) is 6.87. The zero-order valence-electron chi connectivity index (χ0n) is 28.4. The first-order valence-corrected chi connectivity index (χ1v) is 16.1. The fraction of sp³-hybridized carbons (Fsp3) is 0.122. The van der Waals surface area contributed by atoms with E-state index in [4.69, 9.17) is 9.47 Å². The number of hydrogen-bond donors (Lipinski definition) is 0. The third kappa shape index (κ3) is 7.56. The Morgan fingerprint density at radius 3 is 1.48 bits per heavy atom. The smallest absolute Gasteiger partial charge is 0.503 e. The number of aromatic nitrogens is 7. The first-order chi connectivity index (χ1) is 24.4. The van der Waals surface area contributed by atoms with Crippen molar-refractivity contribution in [2.75, 3.05) is 0 Å². The molecule has 8 rings (SSSR count). The van der Waals surface area contributed by atoms with Gasteiger partial charge in [-0.1, -0.05) is 60.3 Å². The summed E-state index contributed by atoms with van der Waals surface area (Å²) in [7, 11) is 0. The van der Waals surface area contributed by atoms with Crippen molar-refractivity contribution in [1.29, 1.82) is 0 Å². The van der Waals surface area contributed by atoms with Gasteiger partial charge >= 0.3 is 41.5 Å². The number of fused-ring (bicyclic) bond motifs is 3. The maximum atomic E-state index is 6.31. The molecule has 0 unspecified atom stereocenters. The monoisotopic (exact) mass is 952 g/mol. The molecule has 4 aromatic heterocycles. The Morgan fingerprint density at radius 1 is 0.577 bits per heavy atom. The van der Waals surface area contributed by atoms with E-state index in [1.807, 2.05) is 117 Å². The van der Waals surface area contributed by atoms with Crippen molar-refractivity contribution < 1.29 is 51.0 Å². The quantitative estimate of drug-likeness (QED) is 0.110. The summed E-state index contributed by atoms with van der Waals surface area (Å²) in [5, 5.41) is 19.4. The summed E-state index contributed by atoms with van der Waals surface area (Å²) in [6.07, 6.45) is 3.58. The number of pyridine rings is 2. The van der Waals surface area contributed by atoms with E-state index >= 15 is 0 Å². The first kappa shape index (κ1) is 36.7. The van der Waals surface area contributed by atoms with Crippen LogP contribution in [0.25, 0.3) is 50.3 Å². The number of rotatable bonds is 8. The van der Waals surface area contributed by atoms with E-state index in [0.717, 1.165) is 44.4 Å². The average molecular weight is 953 g/mol. The van der Waals surface area contributed by atoms with Gasteiger partial charge < -0.3 is 24.0 Å². The van der Waals surface area contributed by atoms with Gasteiger partial charge in [0, 0.05) is 41.3 Å². The molecule has 4 aromatic carbocycles. The Morgan fingerprint density at radius 2 is 1.04 bits per heavy atom. The molecular weight excluding hydrogens is 924 g/mol. The second-order valence-corrected chi connectivity index (χ2v) is 12.2. The van der Waals surface area contributed by atoms with Gasteiger partial charge in [-0.3, -0.25) is 0 Å². The molecule has 0 atom stereocenters. The fourth-order valence-electron chi connectivity index (χ4n) is 5.62. The molecule has 260 valence electrons. The van der Waals surface area contributed by atoms with Crippen LogP contribution in [-0.2, 0) is 41.5 Å². The first-order valence-electron chi connectivity index (χ1n) is 16.1. The second kappa shape index (κ2) is 15.6. The molecule has 0 fully saturated rings. The van der Waals surface area contributed by atoms with Gasteiger partial charge in [-0.25, -0.2) is 0 Å². The molecule has 0 spiro atoms. The topological polar surface area (TPSA) is 101 Å². The van der Waals surface area contributed by atoms with Crippen molar-refractivity contribution in [1.82, 2.24) is 34.9 Å². The van der Waals surface area contributed by atoms with Gasteiger partial charge in [-0.15, -0.1) is 92.2 Å². The van der Waals surface area contributed by atoms with Crippen LogP contribution in [0.3, 0.4) is 0 Å². The third-order valence-electron chi connectivity index (χ3n) is 8.09. The van der Waals surface area contributed by atoms with E-state index in [-0.39, 0.29) is 53.4 Å². The van der Waals surface area contributed by atoms with Crippen LogP contribution in [0.5, 0.6) is 23.0 Å². The minimum atomic E-state index is 0. The minimum Gasteiger partial charge on any atom is -0.503 e. The van der Waals surface area contributed by atoms with Gasteiger partial charge in [0.2, 0.25) is 0 Å². The Bertz CT molecular complexity index is 2370. The summed E-state index contributed by atoms with van der Waals surface area (Å²) in [5.74, 6) is 2.93. The molecule has 0 bridgehead atoms. The molecule has 0 aliphatic heterocycles. The Hall–Kier alpha value is -5.13. The zero-order chi connectivity index (χ0) is 34.2. The number of aryl methyl sites for hydroxylation is 2. The molecule has 0 N–H and O–H groups in total. The van der Waals surface area contributed by atoms with Crippen LogP contribution in [0.4, 0.5) is 0 Å². The van der Waals surface area contributed by atoms with Crippen molar-refractivity contribution in [3.05, 3.63) is 139 Å². The molecule has 11 heteroatoms.